The maximum Gasteiger partial charge on any atom is 0.364 e. The highest BCUT2D eigenvalue weighted by atomic mass is 127. The summed E-state index contributed by atoms with van der Waals surface area (Å²) in [6, 6.07) is 10.1. The van der Waals surface area contributed by atoms with Gasteiger partial charge in [0.1, 0.15) is 13.2 Å². The third kappa shape index (κ3) is 4.23. The number of hydrogen-bond donors (Lipinski definition) is 1. The standard InChI is InChI=1S/C16H22N2O.HI/c1-13-12-16(2,3)18(4)15(19-13)10-11-17-14-8-6-5-7-9-14;/h5-11,13H,12H2,1-4H3;1H. The van der Waals surface area contributed by atoms with E-state index in [4.69, 9.17) is 4.74 Å². The largest absolute Gasteiger partial charge is 1.00 e. The van der Waals surface area contributed by atoms with E-state index in [2.05, 4.69) is 37.7 Å². The second-order valence-corrected chi connectivity index (χ2v) is 5.69. The second kappa shape index (κ2) is 7.11. The fraction of sp³-hybridized carbons (Fsp3) is 0.438. The summed E-state index contributed by atoms with van der Waals surface area (Å²) < 4.78 is 8.08. The van der Waals surface area contributed by atoms with Crippen molar-refractivity contribution in [2.24, 2.45) is 0 Å². The summed E-state index contributed by atoms with van der Waals surface area (Å²) in [4.78, 5) is 0. The molecule has 0 aromatic heterocycles. The fourth-order valence-corrected chi connectivity index (χ4v) is 2.36. The molecular weight excluding hydrogens is 363 g/mol. The van der Waals surface area contributed by atoms with Gasteiger partial charge in [-0.25, -0.2) is 0 Å². The van der Waals surface area contributed by atoms with Gasteiger partial charge in [-0.05, 0) is 19.1 Å². The Morgan fingerprint density at radius 3 is 2.60 bits per heavy atom. The first-order chi connectivity index (χ1) is 8.99. The van der Waals surface area contributed by atoms with Gasteiger partial charge < -0.3 is 34.0 Å². The molecule has 1 heterocycles. The number of ether oxygens (including phenoxy) is 1. The molecule has 0 aliphatic carbocycles. The van der Waals surface area contributed by atoms with Gasteiger partial charge >= 0.3 is 5.90 Å². The third-order valence-electron chi connectivity index (χ3n) is 3.60. The Labute approximate surface area is 138 Å². The molecule has 1 aliphatic rings. The van der Waals surface area contributed by atoms with Gasteiger partial charge in [-0.3, -0.25) is 0 Å². The van der Waals surface area contributed by atoms with Crippen LogP contribution in [0.5, 0.6) is 0 Å². The number of halogens is 1. The predicted molar refractivity (Wildman–Crippen MR) is 79.6 cm³/mol. The van der Waals surface area contributed by atoms with Crippen molar-refractivity contribution in [3.8, 4) is 0 Å². The fourth-order valence-electron chi connectivity index (χ4n) is 2.36. The molecule has 0 amide bonds. The van der Waals surface area contributed by atoms with Gasteiger partial charge in [0.2, 0.25) is 0 Å². The summed E-state index contributed by atoms with van der Waals surface area (Å²) in [7, 11) is 2.08. The van der Waals surface area contributed by atoms with E-state index in [1.54, 1.807) is 0 Å². The lowest BCUT2D eigenvalue weighted by Crippen LogP contribution is -3.00. The van der Waals surface area contributed by atoms with Crippen LogP contribution in [-0.2, 0) is 4.74 Å². The Hall–Kier alpha value is -1.04. The third-order valence-corrected chi connectivity index (χ3v) is 3.60. The van der Waals surface area contributed by atoms with Gasteiger partial charge in [0.25, 0.3) is 0 Å². The van der Waals surface area contributed by atoms with E-state index in [1.807, 2.05) is 42.6 Å². The molecule has 0 bridgehead atoms. The summed E-state index contributed by atoms with van der Waals surface area (Å²) in [6.45, 7) is 6.60. The second-order valence-electron chi connectivity index (χ2n) is 5.69. The number of hydrogen-bond acceptors (Lipinski definition) is 2. The Bertz CT molecular complexity index is 494. The zero-order valence-corrected chi connectivity index (χ0v) is 14.7. The van der Waals surface area contributed by atoms with E-state index >= 15 is 0 Å². The van der Waals surface area contributed by atoms with Crippen LogP contribution in [0.4, 0.5) is 5.69 Å². The Morgan fingerprint density at radius 1 is 1.30 bits per heavy atom. The van der Waals surface area contributed by atoms with Crippen molar-refractivity contribution in [1.29, 1.82) is 0 Å². The molecule has 1 atom stereocenters. The molecule has 0 radical (unpaired) electrons. The van der Waals surface area contributed by atoms with Crippen LogP contribution in [-0.4, -0.2) is 29.2 Å². The van der Waals surface area contributed by atoms with E-state index in [0.29, 0.717) is 0 Å². The van der Waals surface area contributed by atoms with Crippen molar-refractivity contribution in [1.82, 2.24) is 0 Å². The molecule has 0 spiro atoms. The normalized spacial score (nSPS) is 21.3. The van der Waals surface area contributed by atoms with Crippen molar-refractivity contribution >= 4 is 11.6 Å². The number of para-hydroxylation sites is 1. The highest BCUT2D eigenvalue weighted by Crippen LogP contribution is 2.22. The van der Waals surface area contributed by atoms with Gasteiger partial charge in [-0.15, -0.1) is 0 Å². The molecule has 0 saturated carbocycles. The van der Waals surface area contributed by atoms with Crippen LogP contribution in [0.3, 0.4) is 0 Å². The van der Waals surface area contributed by atoms with E-state index in [9.17, 15) is 0 Å². The maximum absolute atomic E-state index is 5.89. The summed E-state index contributed by atoms with van der Waals surface area (Å²) in [6.07, 6.45) is 5.20. The summed E-state index contributed by atoms with van der Waals surface area (Å²) in [5.74, 6) is 0.909. The van der Waals surface area contributed by atoms with Crippen molar-refractivity contribution in [2.75, 3.05) is 12.4 Å². The van der Waals surface area contributed by atoms with Crippen LogP contribution >= 0.6 is 0 Å². The first kappa shape index (κ1) is 17.0. The lowest BCUT2D eigenvalue weighted by molar-refractivity contribution is -0.593. The molecule has 1 aliphatic heterocycles. The van der Waals surface area contributed by atoms with Crippen LogP contribution in [0, 0.1) is 0 Å². The summed E-state index contributed by atoms with van der Waals surface area (Å²) in [5, 5.41) is 3.25. The minimum Gasteiger partial charge on any atom is -1.00 e. The molecule has 3 nitrogen and oxygen atoms in total. The van der Waals surface area contributed by atoms with Crippen molar-refractivity contribution < 1.29 is 33.3 Å². The molecule has 0 fully saturated rings. The van der Waals surface area contributed by atoms with E-state index < -0.39 is 0 Å². The smallest absolute Gasteiger partial charge is 0.364 e. The van der Waals surface area contributed by atoms with Gasteiger partial charge in [-0.1, -0.05) is 18.2 Å². The molecule has 1 aromatic rings. The van der Waals surface area contributed by atoms with Crippen molar-refractivity contribution in [2.45, 2.75) is 38.8 Å². The first-order valence-corrected chi connectivity index (χ1v) is 6.74. The predicted octanol–water partition coefficient (Wildman–Crippen LogP) is 0.244. The monoisotopic (exact) mass is 386 g/mol. The zero-order chi connectivity index (χ0) is 13.9. The molecule has 0 saturated heterocycles. The highest BCUT2D eigenvalue weighted by Gasteiger charge is 2.38. The van der Waals surface area contributed by atoms with Crippen LogP contribution in [0.25, 0.3) is 0 Å². The number of rotatable bonds is 3. The number of benzene rings is 1. The van der Waals surface area contributed by atoms with E-state index in [1.165, 1.54) is 0 Å². The lowest BCUT2D eigenvalue weighted by atomic mass is 9.95. The zero-order valence-electron chi connectivity index (χ0n) is 12.6. The average molecular weight is 386 g/mol. The molecular formula is C16H23IN2O. The van der Waals surface area contributed by atoms with Crippen LogP contribution in [0.2, 0.25) is 0 Å². The number of nitrogens with one attached hydrogen (secondary N) is 1. The topological polar surface area (TPSA) is 24.3 Å². The van der Waals surface area contributed by atoms with Crippen LogP contribution < -0.4 is 29.3 Å². The van der Waals surface area contributed by atoms with Crippen molar-refractivity contribution in [3.63, 3.8) is 0 Å². The van der Waals surface area contributed by atoms with Gasteiger partial charge in [-0.2, -0.15) is 4.58 Å². The van der Waals surface area contributed by atoms with Gasteiger partial charge in [0.05, 0.1) is 6.08 Å². The van der Waals surface area contributed by atoms with Gasteiger partial charge in [0.15, 0.2) is 5.54 Å². The van der Waals surface area contributed by atoms with E-state index in [-0.39, 0.29) is 35.6 Å². The maximum atomic E-state index is 5.89. The molecule has 4 heteroatoms. The quantitative estimate of drug-likeness (QED) is 0.595. The first-order valence-electron chi connectivity index (χ1n) is 6.74. The molecule has 1 aromatic carbocycles. The Balaban J connectivity index is 0.00000200. The molecule has 2 rings (SSSR count). The minimum absolute atomic E-state index is 0. The molecule has 1 unspecified atom stereocenters. The van der Waals surface area contributed by atoms with Gasteiger partial charge in [0, 0.05) is 32.2 Å². The Kier molecular flexibility index (Phi) is 6.05. The summed E-state index contributed by atoms with van der Waals surface area (Å²) >= 11 is 0. The molecule has 110 valence electrons. The molecule has 20 heavy (non-hydrogen) atoms. The molecule has 1 N–H and O–H groups in total. The number of anilines is 1. The van der Waals surface area contributed by atoms with Crippen LogP contribution in [0.15, 0.2) is 42.6 Å². The van der Waals surface area contributed by atoms with Crippen molar-refractivity contribution in [3.05, 3.63) is 42.6 Å². The SMILES string of the molecule is CC1CC(C)(C)[N+](C)=C(C=CNc2ccccc2)O1.[I-]. The van der Waals surface area contributed by atoms with E-state index in [0.717, 1.165) is 18.0 Å². The summed E-state index contributed by atoms with van der Waals surface area (Å²) in [5.41, 5.74) is 1.20. The minimum atomic E-state index is 0. The number of nitrogens with zero attached hydrogens (tertiary/aromatic N) is 1. The van der Waals surface area contributed by atoms with Crippen LogP contribution in [0.1, 0.15) is 27.2 Å². The Morgan fingerprint density at radius 2 is 1.95 bits per heavy atom. The average Bonchev–Trinajstić information content (AvgIpc) is 2.36. The lowest BCUT2D eigenvalue weighted by Gasteiger charge is -2.30. The highest BCUT2D eigenvalue weighted by molar-refractivity contribution is 5.84.